The number of nitrogens with zero attached hydrogens (tertiary/aromatic N) is 2. The largest absolute Gasteiger partial charge is 1.00 e. The van der Waals surface area contributed by atoms with Crippen LogP contribution in [0.25, 0.3) is 0 Å². The van der Waals surface area contributed by atoms with Gasteiger partial charge in [-0.15, -0.1) is 0 Å². The fraction of sp³-hybridized carbons (Fsp3) is 0.200. The van der Waals surface area contributed by atoms with Gasteiger partial charge in [0.15, 0.2) is 0 Å². The second kappa shape index (κ2) is 8.22. The molecule has 0 aliphatic carbocycles. The first-order valence-electron chi connectivity index (χ1n) is 3.55. The smallest absolute Gasteiger partial charge is 0.691 e. The van der Waals surface area contributed by atoms with Gasteiger partial charge in [-0.3, -0.25) is 5.04 Å². The van der Waals surface area contributed by atoms with E-state index < -0.39 is 16.5 Å². The van der Waals surface area contributed by atoms with Crippen molar-refractivity contribution in [2.24, 2.45) is 0 Å². The number of aromatic nitrogens is 2. The fourth-order valence-corrected chi connectivity index (χ4v) is 2.83. The van der Waals surface area contributed by atoms with Gasteiger partial charge in [0.05, 0.1) is 16.9 Å². The number of halogens is 3. The molecule has 0 saturated heterocycles. The first-order chi connectivity index (χ1) is 7.79. The summed E-state index contributed by atoms with van der Waals surface area (Å²) in [6.07, 6.45) is 2.34. The minimum Gasteiger partial charge on any atom is -0.691 e. The van der Waals surface area contributed by atoms with Crippen molar-refractivity contribution in [3.8, 4) is 0 Å². The molecule has 0 atom stereocenters. The van der Waals surface area contributed by atoms with Crippen LogP contribution in [0.3, 0.4) is 0 Å². The van der Waals surface area contributed by atoms with Crippen LogP contribution < -0.4 is 34.8 Å². The molecule has 0 fully saturated rings. The molecule has 1 rings (SSSR count). The van der Waals surface area contributed by atoms with Gasteiger partial charge < -0.3 is 5.26 Å². The maximum atomic E-state index is 11.8. The Bertz CT molecular complexity index is 479. The number of rotatable bonds is 4. The van der Waals surface area contributed by atoms with Gasteiger partial charge in [-0.1, -0.05) is 0 Å². The Balaban J connectivity index is 0.00000289. The normalized spacial score (nSPS) is 12.0. The van der Waals surface area contributed by atoms with E-state index in [4.69, 9.17) is 0 Å². The van der Waals surface area contributed by atoms with Gasteiger partial charge in [0.2, 0.25) is 16.5 Å². The molecule has 0 aliphatic rings. The molecule has 0 amide bonds. The van der Waals surface area contributed by atoms with Gasteiger partial charge >= 0.3 is 29.6 Å². The van der Waals surface area contributed by atoms with Gasteiger partial charge in [0.25, 0.3) is 0 Å². The Morgan fingerprint density at radius 3 is 2.17 bits per heavy atom. The van der Waals surface area contributed by atoms with Crippen LogP contribution in [-0.4, -0.2) is 19.9 Å². The van der Waals surface area contributed by atoms with Crippen molar-refractivity contribution >= 4 is 69.7 Å². The predicted octanol–water partition coefficient (Wildman–Crippen LogP) is -1.72. The topological polar surface area (TPSA) is 101 Å². The molecule has 1 heterocycles. The second-order valence-corrected chi connectivity index (χ2v) is 13.5. The number of alkyl halides is 3. The summed E-state index contributed by atoms with van der Waals surface area (Å²) in [7, 11) is -3.83. The van der Waals surface area contributed by atoms with Crippen molar-refractivity contribution in [2.45, 2.75) is 11.5 Å². The van der Waals surface area contributed by atoms with Gasteiger partial charge in [0, 0.05) is 12.4 Å². The van der Waals surface area contributed by atoms with E-state index in [-0.39, 0.29) is 29.6 Å². The van der Waals surface area contributed by atoms with Crippen LogP contribution in [0, 0.1) is 0 Å². The SMILES string of the molecule is O=S(=O)(c1ncc(SOO[O-])cn1)C(Br)(Br)Br.[Na+]. The van der Waals surface area contributed by atoms with Crippen LogP contribution in [0.2, 0.25) is 0 Å². The first kappa shape index (κ1) is 19.7. The van der Waals surface area contributed by atoms with Gasteiger partial charge in [-0.2, -0.15) is 4.33 Å². The summed E-state index contributed by atoms with van der Waals surface area (Å²) in [5.41, 5.74) is 0. The van der Waals surface area contributed by atoms with Crippen molar-refractivity contribution in [1.29, 1.82) is 0 Å². The van der Waals surface area contributed by atoms with Crippen LogP contribution in [0.1, 0.15) is 0 Å². The quantitative estimate of drug-likeness (QED) is 0.121. The zero-order chi connectivity index (χ0) is 13.1. The molecule has 0 N–H and O–H groups in total. The van der Waals surface area contributed by atoms with Crippen molar-refractivity contribution in [2.75, 3.05) is 0 Å². The van der Waals surface area contributed by atoms with Crippen molar-refractivity contribution in [3.05, 3.63) is 12.4 Å². The van der Waals surface area contributed by atoms with E-state index >= 15 is 0 Å². The van der Waals surface area contributed by atoms with Gasteiger partial charge in [-0.05, 0) is 47.8 Å². The third-order valence-electron chi connectivity index (χ3n) is 1.31. The second-order valence-electron chi connectivity index (χ2n) is 2.37. The Morgan fingerprint density at radius 1 is 1.28 bits per heavy atom. The maximum Gasteiger partial charge on any atom is 1.00 e. The molecule has 0 bridgehead atoms. The monoisotopic (exact) mass is 494 g/mol. The standard InChI is InChI=1S/C5H3Br3N2O5S2.Na/c6-5(7,8)17(12,13)4-9-1-3(2-10-4)16-15-14-11;/h1-2,11H;/q;+1/p-1. The molecule has 13 heteroatoms. The third-order valence-corrected chi connectivity index (χ3v) is 6.97. The number of sulfone groups is 1. The molecule has 0 aromatic carbocycles. The molecular formula is C5H2Br3N2NaO5S2. The molecule has 0 saturated carbocycles. The summed E-state index contributed by atoms with van der Waals surface area (Å²) < 4.78 is 26.1. The van der Waals surface area contributed by atoms with Gasteiger partial charge in [0.1, 0.15) is 0 Å². The van der Waals surface area contributed by atoms with E-state index in [0.29, 0.717) is 16.9 Å². The summed E-state index contributed by atoms with van der Waals surface area (Å²) in [4.78, 5) is 7.55. The minimum absolute atomic E-state index is 0. The summed E-state index contributed by atoms with van der Waals surface area (Å²) in [6.45, 7) is 0. The van der Waals surface area contributed by atoms with Gasteiger partial charge in [-0.25, -0.2) is 18.4 Å². The van der Waals surface area contributed by atoms with Crippen LogP contribution in [-0.2, 0) is 19.2 Å². The van der Waals surface area contributed by atoms with E-state index in [9.17, 15) is 13.7 Å². The van der Waals surface area contributed by atoms with Crippen molar-refractivity contribution in [3.63, 3.8) is 0 Å². The Morgan fingerprint density at radius 2 is 1.78 bits per heavy atom. The van der Waals surface area contributed by atoms with Crippen molar-refractivity contribution in [1.82, 2.24) is 9.97 Å². The first-order valence-corrected chi connectivity index (χ1v) is 8.16. The molecule has 96 valence electrons. The summed E-state index contributed by atoms with van der Waals surface area (Å²) >= 11 is 9.17. The molecule has 0 unspecified atom stereocenters. The molecule has 0 spiro atoms. The molecule has 0 aliphatic heterocycles. The van der Waals surface area contributed by atoms with Crippen LogP contribution in [0.15, 0.2) is 22.4 Å². The van der Waals surface area contributed by atoms with E-state index in [1.807, 2.05) is 0 Å². The summed E-state index contributed by atoms with van der Waals surface area (Å²) in [6, 6.07) is 0. The summed E-state index contributed by atoms with van der Waals surface area (Å²) in [5.74, 6) is 0. The average molecular weight is 497 g/mol. The van der Waals surface area contributed by atoms with Crippen molar-refractivity contribution < 1.29 is 52.6 Å². The maximum absolute atomic E-state index is 11.8. The third kappa shape index (κ3) is 5.24. The number of hydrogen-bond donors (Lipinski definition) is 0. The minimum atomic E-state index is -3.83. The molecule has 0 radical (unpaired) electrons. The zero-order valence-electron chi connectivity index (χ0n) is 8.54. The Kier molecular flexibility index (Phi) is 8.99. The van der Waals surface area contributed by atoms with Crippen LogP contribution in [0.4, 0.5) is 0 Å². The molecule has 1 aromatic heterocycles. The average Bonchev–Trinajstić information content (AvgIpc) is 2.25. The van der Waals surface area contributed by atoms with Crippen LogP contribution >= 0.6 is 59.8 Å². The predicted molar refractivity (Wildman–Crippen MR) is 66.8 cm³/mol. The number of hydrogen-bond acceptors (Lipinski definition) is 8. The zero-order valence-corrected chi connectivity index (χ0v) is 16.9. The van der Waals surface area contributed by atoms with E-state index in [1.54, 1.807) is 0 Å². The Labute approximate surface area is 154 Å². The molecular weight excluding hydrogens is 495 g/mol. The Hall–Kier alpha value is 1.70. The molecule has 7 nitrogen and oxygen atoms in total. The molecule has 18 heavy (non-hydrogen) atoms. The van der Waals surface area contributed by atoms with Crippen LogP contribution in [0.5, 0.6) is 0 Å². The molecule has 1 aromatic rings. The summed E-state index contributed by atoms with van der Waals surface area (Å²) in [5, 5.41) is 12.3. The van der Waals surface area contributed by atoms with E-state index in [0.717, 1.165) is 0 Å². The fourth-order valence-electron chi connectivity index (χ4n) is 0.643. The van der Waals surface area contributed by atoms with E-state index in [2.05, 4.69) is 67.1 Å². The van der Waals surface area contributed by atoms with E-state index in [1.165, 1.54) is 12.4 Å².